The van der Waals surface area contributed by atoms with Gasteiger partial charge in [-0.3, -0.25) is 4.79 Å². The van der Waals surface area contributed by atoms with Crippen molar-refractivity contribution in [1.29, 1.82) is 0 Å². The summed E-state index contributed by atoms with van der Waals surface area (Å²) in [6, 6.07) is 11.4. The van der Waals surface area contributed by atoms with Gasteiger partial charge in [0.25, 0.3) is 0 Å². The SMILES string of the molecule is CC(=O)c1cc(Cl)ccc1OCc1cc(C)cc(C)c1. The van der Waals surface area contributed by atoms with E-state index in [9.17, 15) is 4.79 Å². The zero-order valence-corrected chi connectivity index (χ0v) is 12.6. The second-order valence-corrected chi connectivity index (χ2v) is 5.42. The molecule has 0 aliphatic rings. The zero-order valence-electron chi connectivity index (χ0n) is 11.9. The Bertz CT molecular complexity index is 627. The summed E-state index contributed by atoms with van der Waals surface area (Å²) in [6.45, 7) is 6.05. The first-order chi connectivity index (χ1) is 9.45. The van der Waals surface area contributed by atoms with Crippen molar-refractivity contribution in [2.45, 2.75) is 27.4 Å². The number of benzene rings is 2. The highest BCUT2D eigenvalue weighted by atomic mass is 35.5. The minimum Gasteiger partial charge on any atom is -0.488 e. The van der Waals surface area contributed by atoms with Crippen molar-refractivity contribution < 1.29 is 9.53 Å². The number of hydrogen-bond donors (Lipinski definition) is 0. The molecule has 2 aromatic rings. The van der Waals surface area contributed by atoms with Crippen molar-refractivity contribution in [3.8, 4) is 5.75 Å². The molecule has 0 spiro atoms. The summed E-state index contributed by atoms with van der Waals surface area (Å²) in [6.07, 6.45) is 0. The van der Waals surface area contributed by atoms with Crippen molar-refractivity contribution >= 4 is 17.4 Å². The first-order valence-electron chi connectivity index (χ1n) is 6.46. The number of carbonyl (C=O) groups excluding carboxylic acids is 1. The highest BCUT2D eigenvalue weighted by Crippen LogP contribution is 2.24. The maximum atomic E-state index is 11.6. The third-order valence-electron chi connectivity index (χ3n) is 3.00. The Morgan fingerprint density at radius 2 is 1.75 bits per heavy atom. The highest BCUT2D eigenvalue weighted by molar-refractivity contribution is 6.31. The van der Waals surface area contributed by atoms with Gasteiger partial charge in [-0.1, -0.05) is 40.9 Å². The Hall–Kier alpha value is -1.80. The van der Waals surface area contributed by atoms with Crippen LogP contribution in [-0.4, -0.2) is 5.78 Å². The fourth-order valence-electron chi connectivity index (χ4n) is 2.22. The normalized spacial score (nSPS) is 10.4. The van der Waals surface area contributed by atoms with Crippen molar-refractivity contribution in [2.75, 3.05) is 0 Å². The average Bonchev–Trinajstić information content (AvgIpc) is 2.36. The molecule has 2 nitrogen and oxygen atoms in total. The second-order valence-electron chi connectivity index (χ2n) is 4.98. The van der Waals surface area contributed by atoms with E-state index < -0.39 is 0 Å². The van der Waals surface area contributed by atoms with Crippen LogP contribution in [0.15, 0.2) is 36.4 Å². The van der Waals surface area contributed by atoms with E-state index in [1.807, 2.05) is 0 Å². The van der Waals surface area contributed by atoms with Crippen molar-refractivity contribution in [3.05, 3.63) is 63.7 Å². The van der Waals surface area contributed by atoms with Gasteiger partial charge in [0.2, 0.25) is 0 Å². The number of ketones is 1. The fourth-order valence-corrected chi connectivity index (χ4v) is 2.39. The Labute approximate surface area is 124 Å². The van der Waals surface area contributed by atoms with Gasteiger partial charge in [-0.25, -0.2) is 0 Å². The van der Waals surface area contributed by atoms with Crippen LogP contribution in [0.2, 0.25) is 5.02 Å². The molecule has 0 aromatic heterocycles. The van der Waals surface area contributed by atoms with E-state index in [-0.39, 0.29) is 5.78 Å². The lowest BCUT2D eigenvalue weighted by atomic mass is 10.1. The number of ether oxygens (including phenoxy) is 1. The first kappa shape index (κ1) is 14.6. The van der Waals surface area contributed by atoms with Crippen molar-refractivity contribution in [1.82, 2.24) is 0 Å². The molecule has 20 heavy (non-hydrogen) atoms. The van der Waals surface area contributed by atoms with Gasteiger partial charge in [-0.15, -0.1) is 0 Å². The molecule has 0 unspecified atom stereocenters. The molecule has 104 valence electrons. The molecular weight excluding hydrogens is 272 g/mol. The van der Waals surface area contributed by atoms with Crippen LogP contribution in [0.3, 0.4) is 0 Å². The third-order valence-corrected chi connectivity index (χ3v) is 3.23. The van der Waals surface area contributed by atoms with Crippen LogP contribution in [-0.2, 0) is 6.61 Å². The molecule has 0 heterocycles. The second kappa shape index (κ2) is 6.10. The van der Waals surface area contributed by atoms with E-state index >= 15 is 0 Å². The number of rotatable bonds is 4. The smallest absolute Gasteiger partial charge is 0.163 e. The number of carbonyl (C=O) groups is 1. The number of hydrogen-bond acceptors (Lipinski definition) is 2. The van der Waals surface area contributed by atoms with Crippen LogP contribution in [0.25, 0.3) is 0 Å². The van der Waals surface area contributed by atoms with Gasteiger partial charge >= 0.3 is 0 Å². The predicted molar refractivity (Wildman–Crippen MR) is 81.7 cm³/mol. The number of aryl methyl sites for hydroxylation is 2. The van der Waals surface area contributed by atoms with Crippen LogP contribution in [0.5, 0.6) is 5.75 Å². The molecule has 0 amide bonds. The molecule has 2 aromatic carbocycles. The van der Waals surface area contributed by atoms with Crippen LogP contribution in [0.1, 0.15) is 34.0 Å². The van der Waals surface area contributed by atoms with Crippen molar-refractivity contribution in [3.63, 3.8) is 0 Å². The fraction of sp³-hybridized carbons (Fsp3) is 0.235. The molecule has 0 radical (unpaired) electrons. The van der Waals surface area contributed by atoms with Gasteiger partial charge in [0.15, 0.2) is 5.78 Å². The molecule has 0 atom stereocenters. The maximum absolute atomic E-state index is 11.6. The van der Waals surface area contributed by atoms with Gasteiger partial charge in [0, 0.05) is 5.02 Å². The van der Waals surface area contributed by atoms with Crippen LogP contribution >= 0.6 is 11.6 Å². The molecule has 0 saturated carbocycles. The average molecular weight is 289 g/mol. The van der Waals surface area contributed by atoms with Crippen LogP contribution < -0.4 is 4.74 Å². The van der Waals surface area contributed by atoms with Crippen molar-refractivity contribution in [2.24, 2.45) is 0 Å². The largest absolute Gasteiger partial charge is 0.488 e. The summed E-state index contributed by atoms with van der Waals surface area (Å²) < 4.78 is 5.77. The Morgan fingerprint density at radius 1 is 1.10 bits per heavy atom. The Balaban J connectivity index is 2.20. The van der Waals surface area contributed by atoms with Gasteiger partial charge in [0.05, 0.1) is 5.56 Å². The van der Waals surface area contributed by atoms with Gasteiger partial charge in [-0.05, 0) is 44.5 Å². The van der Waals surface area contributed by atoms with E-state index in [1.54, 1.807) is 18.2 Å². The minimum atomic E-state index is -0.0528. The monoisotopic (exact) mass is 288 g/mol. The van der Waals surface area contributed by atoms with E-state index in [1.165, 1.54) is 18.1 Å². The van der Waals surface area contributed by atoms with Crippen LogP contribution in [0.4, 0.5) is 0 Å². The number of halogens is 1. The summed E-state index contributed by atoms with van der Waals surface area (Å²) in [5.41, 5.74) is 4.01. The van der Waals surface area contributed by atoms with Gasteiger partial charge < -0.3 is 4.74 Å². The molecule has 0 fully saturated rings. The van der Waals surface area contributed by atoms with Gasteiger partial charge in [0.1, 0.15) is 12.4 Å². The summed E-state index contributed by atoms with van der Waals surface area (Å²) in [7, 11) is 0. The zero-order chi connectivity index (χ0) is 14.7. The highest BCUT2D eigenvalue weighted by Gasteiger charge is 2.09. The molecule has 0 aliphatic carbocycles. The molecule has 0 aliphatic heterocycles. The van der Waals surface area contributed by atoms with E-state index in [0.717, 1.165) is 5.56 Å². The maximum Gasteiger partial charge on any atom is 0.163 e. The summed E-state index contributed by atoms with van der Waals surface area (Å²) in [5.74, 6) is 0.518. The number of Topliss-reactive ketones (excluding diaryl/α,β-unsaturated/α-hetero) is 1. The molecule has 3 heteroatoms. The topological polar surface area (TPSA) is 26.3 Å². The standard InChI is InChI=1S/C17H17ClO2/c1-11-6-12(2)8-14(7-11)10-20-17-5-4-15(18)9-16(17)13(3)19/h4-9H,10H2,1-3H3. The summed E-state index contributed by atoms with van der Waals surface area (Å²) in [4.78, 5) is 11.6. The lowest BCUT2D eigenvalue weighted by Crippen LogP contribution is -2.02. The quantitative estimate of drug-likeness (QED) is 0.760. The first-order valence-corrected chi connectivity index (χ1v) is 6.84. The molecular formula is C17H17ClO2. The molecule has 0 N–H and O–H groups in total. The molecule has 0 bridgehead atoms. The van der Waals surface area contributed by atoms with Crippen LogP contribution in [0, 0.1) is 13.8 Å². The Kier molecular flexibility index (Phi) is 4.46. The molecule has 0 saturated heterocycles. The van der Waals surface area contributed by atoms with E-state index in [2.05, 4.69) is 32.0 Å². The third kappa shape index (κ3) is 3.61. The van der Waals surface area contributed by atoms with Gasteiger partial charge in [-0.2, -0.15) is 0 Å². The lowest BCUT2D eigenvalue weighted by molar-refractivity contribution is 0.101. The predicted octanol–water partition coefficient (Wildman–Crippen LogP) is 4.74. The van der Waals surface area contributed by atoms with E-state index in [0.29, 0.717) is 22.9 Å². The van der Waals surface area contributed by atoms with E-state index in [4.69, 9.17) is 16.3 Å². The summed E-state index contributed by atoms with van der Waals surface area (Å²) in [5, 5.41) is 0.536. The summed E-state index contributed by atoms with van der Waals surface area (Å²) >= 11 is 5.91. The minimum absolute atomic E-state index is 0.0528. The lowest BCUT2D eigenvalue weighted by Gasteiger charge is -2.11. The molecule has 2 rings (SSSR count). The Morgan fingerprint density at radius 3 is 2.35 bits per heavy atom.